The fourth-order valence-electron chi connectivity index (χ4n) is 0.491. The van der Waals surface area contributed by atoms with Gasteiger partial charge in [-0.15, -0.1) is 0 Å². The second-order valence-electron chi connectivity index (χ2n) is 2.02. The molecule has 1 aliphatic rings. The van der Waals surface area contributed by atoms with Gasteiger partial charge in [0.05, 0.1) is 12.7 Å². The quantitative estimate of drug-likeness (QED) is 0.512. The van der Waals surface area contributed by atoms with Crippen molar-refractivity contribution in [1.29, 1.82) is 1.43 Å². The summed E-state index contributed by atoms with van der Waals surface area (Å²) in [6.45, 7) is 3.36. The normalized spacial score (nSPS) is 34.4. The van der Waals surface area contributed by atoms with E-state index in [9.17, 15) is 0 Å². The number of hydrogen-bond acceptors (Lipinski definition) is 2. The third kappa shape index (κ3) is 1.14. The van der Waals surface area contributed by atoms with Crippen LogP contribution in [-0.4, -0.2) is 25.9 Å². The summed E-state index contributed by atoms with van der Waals surface area (Å²) < 4.78 is 11.4. The van der Waals surface area contributed by atoms with Gasteiger partial charge in [-0.2, -0.15) is 0 Å². The van der Waals surface area contributed by atoms with Crippen LogP contribution in [0, 0.1) is 5.92 Å². The zero-order valence-electron chi connectivity index (χ0n) is 5.39. The number of rotatable bonds is 3. The zero-order valence-corrected chi connectivity index (χ0v) is 4.39. The second-order valence-corrected chi connectivity index (χ2v) is 2.02. The van der Waals surface area contributed by atoms with Crippen molar-refractivity contribution in [3.05, 3.63) is 0 Å². The van der Waals surface area contributed by atoms with Gasteiger partial charge in [0.2, 0.25) is 1.43 Å². The van der Waals surface area contributed by atoms with Crippen LogP contribution < -0.4 is 0 Å². The molecule has 0 aromatic heterocycles. The molecule has 0 bridgehead atoms. The Morgan fingerprint density at radius 2 is 3.00 bits per heavy atom. The molecule has 0 saturated carbocycles. The highest BCUT2D eigenvalue weighted by molar-refractivity contribution is 4.74. The molecule has 2 atom stereocenters. The molecular weight excluding hydrogens is 92.1 g/mol. The van der Waals surface area contributed by atoms with Crippen molar-refractivity contribution in [2.24, 2.45) is 5.92 Å². The van der Waals surface area contributed by atoms with Crippen LogP contribution >= 0.6 is 0 Å². The highest BCUT2D eigenvalue weighted by Crippen LogP contribution is 2.18. The Hall–Kier alpha value is -0.0800. The number of ether oxygens (including phenoxy) is 1. The van der Waals surface area contributed by atoms with Crippen molar-refractivity contribution in [3.8, 4) is 0 Å². The van der Waals surface area contributed by atoms with Gasteiger partial charge in [0, 0.05) is 12.5 Å². The lowest BCUT2D eigenvalue weighted by atomic mass is 10.1. The van der Waals surface area contributed by atoms with Gasteiger partial charge in [0.25, 0.3) is 0 Å². The molecule has 1 N–H and O–H groups in total. The third-order valence-corrected chi connectivity index (χ3v) is 1.26. The van der Waals surface area contributed by atoms with Crippen LogP contribution in [0.5, 0.6) is 0 Å². The van der Waals surface area contributed by atoms with Crippen LogP contribution in [0.1, 0.15) is 6.92 Å². The third-order valence-electron chi connectivity index (χ3n) is 1.26. The summed E-state index contributed by atoms with van der Waals surface area (Å²) in [6, 6.07) is 0. The molecule has 0 amide bonds. The molecule has 2 nitrogen and oxygen atoms in total. The van der Waals surface area contributed by atoms with Gasteiger partial charge in [0.15, 0.2) is 0 Å². The molecule has 1 saturated heterocycles. The SMILES string of the molecule is [3H]OC[C@H](C)C1CO1. The first-order valence-electron chi connectivity index (χ1n) is 2.95. The van der Waals surface area contributed by atoms with Gasteiger partial charge >= 0.3 is 0 Å². The van der Waals surface area contributed by atoms with Crippen molar-refractivity contribution in [2.75, 3.05) is 13.2 Å². The van der Waals surface area contributed by atoms with Crippen molar-refractivity contribution in [3.63, 3.8) is 0 Å². The van der Waals surface area contributed by atoms with Gasteiger partial charge in [-0.05, 0) is 0 Å². The topological polar surface area (TPSA) is 32.8 Å². The minimum Gasteiger partial charge on any atom is -0.396 e. The maximum Gasteiger partial charge on any atom is 0.210 e. The average Bonchev–Trinajstić information content (AvgIpc) is 2.45. The highest BCUT2D eigenvalue weighted by Gasteiger charge is 2.28. The van der Waals surface area contributed by atoms with E-state index in [1.165, 1.54) is 0 Å². The maximum atomic E-state index is 6.40. The van der Waals surface area contributed by atoms with Crippen molar-refractivity contribution < 1.29 is 9.85 Å². The molecule has 7 heavy (non-hydrogen) atoms. The molecule has 2 heteroatoms. The van der Waals surface area contributed by atoms with E-state index in [0.29, 0.717) is 18.6 Å². The molecule has 1 heterocycles. The zero-order chi connectivity index (χ0) is 5.98. The smallest absolute Gasteiger partial charge is 0.210 e. The van der Waals surface area contributed by atoms with E-state index in [0.717, 1.165) is 6.61 Å². The number of epoxide rings is 1. The lowest BCUT2D eigenvalue weighted by Gasteiger charge is -1.98. The number of aliphatic hydroxyl groups excluding tert-OH is 1. The summed E-state index contributed by atoms with van der Waals surface area (Å²) in [4.78, 5) is 0. The minimum absolute atomic E-state index is 0.375. The number of aliphatic hydroxyl groups is 1. The first-order chi connectivity index (χ1) is 3.84. The van der Waals surface area contributed by atoms with E-state index in [1.807, 2.05) is 6.92 Å². The molecule has 0 spiro atoms. The van der Waals surface area contributed by atoms with E-state index < -0.39 is 0 Å². The lowest BCUT2D eigenvalue weighted by Crippen LogP contribution is -2.07. The fourth-order valence-corrected chi connectivity index (χ4v) is 0.491. The Morgan fingerprint density at radius 3 is 3.43 bits per heavy atom. The molecule has 1 aliphatic heterocycles. The van der Waals surface area contributed by atoms with E-state index in [1.54, 1.807) is 0 Å². The largest absolute Gasteiger partial charge is 0.396 e. The standard InChI is InChI=1S/C5H10O2/c1-4(2-6)5-3-7-5/h4-6H,2-3H2,1H3/t4-,5?/m0/s1/i6T. The molecule has 0 aromatic rings. The number of hydrogen-bond donors (Lipinski definition) is 1. The molecule has 42 valence electrons. The van der Waals surface area contributed by atoms with Gasteiger partial charge in [-0.1, -0.05) is 6.92 Å². The Balaban J connectivity index is 2.03. The molecule has 0 radical (unpaired) electrons. The molecule has 1 fully saturated rings. The van der Waals surface area contributed by atoms with Gasteiger partial charge in [-0.3, -0.25) is 0 Å². The summed E-state index contributed by atoms with van der Waals surface area (Å²) in [5.74, 6) is 0.396. The van der Waals surface area contributed by atoms with Crippen LogP contribution in [0.15, 0.2) is 0 Å². The molecule has 0 aromatic carbocycles. The van der Waals surface area contributed by atoms with E-state index in [2.05, 4.69) is 5.11 Å². The van der Waals surface area contributed by atoms with Gasteiger partial charge in [0.1, 0.15) is 0 Å². The van der Waals surface area contributed by atoms with E-state index in [4.69, 9.17) is 6.17 Å². The van der Waals surface area contributed by atoms with Crippen molar-refractivity contribution >= 4 is 0 Å². The lowest BCUT2D eigenvalue weighted by molar-refractivity contribution is 0.205. The minimum atomic E-state index is 0.375. The fraction of sp³-hybridized carbons (Fsp3) is 1.00. The predicted molar refractivity (Wildman–Crippen MR) is 26.0 cm³/mol. The monoisotopic (exact) mass is 104 g/mol. The summed E-state index contributed by atoms with van der Waals surface area (Å²) in [5.41, 5.74) is 0. The second kappa shape index (κ2) is 1.80. The van der Waals surface area contributed by atoms with Gasteiger partial charge < -0.3 is 9.85 Å². The Bertz CT molecular complexity index is 72.8. The Labute approximate surface area is 44.6 Å². The molecule has 0 aliphatic carbocycles. The highest BCUT2D eigenvalue weighted by atomic mass is 16.6. The molecular formula is C5H10O2. The Morgan fingerprint density at radius 1 is 2.29 bits per heavy atom. The van der Waals surface area contributed by atoms with Crippen LogP contribution in [0.4, 0.5) is 0 Å². The van der Waals surface area contributed by atoms with Crippen molar-refractivity contribution in [1.82, 2.24) is 0 Å². The first kappa shape index (κ1) is 3.87. The summed E-state index contributed by atoms with van der Waals surface area (Å²) in [7, 11) is 0. The summed E-state index contributed by atoms with van der Waals surface area (Å²) >= 11 is 0. The molecule has 1 unspecified atom stereocenters. The van der Waals surface area contributed by atoms with Crippen LogP contribution in [0.2, 0.25) is 0 Å². The molecule has 1 rings (SSSR count). The Kier molecular flexibility index (Phi) is 0.995. The maximum absolute atomic E-state index is 6.40. The van der Waals surface area contributed by atoms with E-state index >= 15 is 0 Å². The summed E-state index contributed by atoms with van der Waals surface area (Å²) in [5, 5.41) is 4.17. The summed E-state index contributed by atoms with van der Waals surface area (Å²) in [6.07, 6.45) is 0.375. The first-order valence-corrected chi connectivity index (χ1v) is 2.54. The van der Waals surface area contributed by atoms with Crippen LogP contribution in [0.3, 0.4) is 0 Å². The van der Waals surface area contributed by atoms with E-state index in [-0.39, 0.29) is 0 Å². The van der Waals surface area contributed by atoms with Crippen LogP contribution in [-0.2, 0) is 4.74 Å². The van der Waals surface area contributed by atoms with Crippen molar-refractivity contribution in [2.45, 2.75) is 13.0 Å². The van der Waals surface area contributed by atoms with Crippen LogP contribution in [0.25, 0.3) is 0 Å². The van der Waals surface area contributed by atoms with Gasteiger partial charge in [-0.25, -0.2) is 0 Å². The predicted octanol–water partition coefficient (Wildman–Crippen LogP) is 0.0136. The average molecular weight is 104 g/mol.